The highest BCUT2D eigenvalue weighted by atomic mass is 16.5. The number of nitrogens with two attached hydrogens (primary N) is 1. The maximum absolute atomic E-state index is 12.3. The van der Waals surface area contributed by atoms with E-state index in [1.165, 1.54) is 0 Å². The van der Waals surface area contributed by atoms with Crippen molar-refractivity contribution in [1.29, 1.82) is 0 Å². The number of methoxy groups -OCH3 is 1. The van der Waals surface area contributed by atoms with E-state index in [1.807, 2.05) is 24.3 Å². The van der Waals surface area contributed by atoms with Gasteiger partial charge in [-0.25, -0.2) is 0 Å². The third-order valence-electron chi connectivity index (χ3n) is 4.48. The Morgan fingerprint density at radius 3 is 2.50 bits per heavy atom. The van der Waals surface area contributed by atoms with Gasteiger partial charge in [0.05, 0.1) is 13.2 Å². The molecule has 0 spiro atoms. The number of ether oxygens (including phenoxy) is 3. The number of anilines is 1. The Labute approximate surface area is 153 Å². The Hall–Kier alpha value is -2.57. The van der Waals surface area contributed by atoms with E-state index in [2.05, 4.69) is 5.32 Å². The van der Waals surface area contributed by atoms with Gasteiger partial charge in [0, 0.05) is 25.0 Å². The van der Waals surface area contributed by atoms with E-state index in [1.54, 1.807) is 31.4 Å². The summed E-state index contributed by atoms with van der Waals surface area (Å²) in [4.78, 5) is 12.3. The predicted octanol–water partition coefficient (Wildman–Crippen LogP) is 3.18. The average molecular weight is 356 g/mol. The Balaban J connectivity index is 1.57. The molecular formula is C20H24N2O4. The zero-order valence-corrected chi connectivity index (χ0v) is 14.8. The van der Waals surface area contributed by atoms with Crippen molar-refractivity contribution >= 4 is 11.6 Å². The van der Waals surface area contributed by atoms with Gasteiger partial charge in [0.2, 0.25) is 5.91 Å². The molecule has 1 aliphatic rings. The van der Waals surface area contributed by atoms with Gasteiger partial charge in [-0.2, -0.15) is 0 Å². The fourth-order valence-electron chi connectivity index (χ4n) is 2.92. The number of amides is 1. The summed E-state index contributed by atoms with van der Waals surface area (Å²) in [7, 11) is 1.61. The van der Waals surface area contributed by atoms with Gasteiger partial charge in [-0.05, 0) is 55.2 Å². The third kappa shape index (κ3) is 4.74. The van der Waals surface area contributed by atoms with E-state index in [0.29, 0.717) is 30.4 Å². The first-order valence-electron chi connectivity index (χ1n) is 8.72. The molecular weight excluding hydrogens is 332 g/mol. The molecule has 1 amide bonds. The van der Waals surface area contributed by atoms with Crippen LogP contribution in [0.15, 0.2) is 48.5 Å². The Morgan fingerprint density at radius 1 is 1.12 bits per heavy atom. The molecule has 6 nitrogen and oxygen atoms in total. The van der Waals surface area contributed by atoms with E-state index in [0.717, 1.165) is 18.6 Å². The summed E-state index contributed by atoms with van der Waals surface area (Å²) in [6.45, 7) is 1.34. The van der Waals surface area contributed by atoms with Crippen LogP contribution in [0, 0.1) is 5.92 Å². The number of hydrogen-bond donors (Lipinski definition) is 2. The lowest BCUT2D eigenvalue weighted by Gasteiger charge is -2.26. The summed E-state index contributed by atoms with van der Waals surface area (Å²) in [5.41, 5.74) is 6.79. The van der Waals surface area contributed by atoms with Crippen LogP contribution < -0.4 is 20.5 Å². The number of rotatable bonds is 6. The monoisotopic (exact) mass is 356 g/mol. The standard InChI is InChI=1S/C20H24N2O4/c1-24-17-3-2-4-18(13-17)26-16-7-5-15(6-8-16)22-20(23)19(21)14-9-11-25-12-10-14/h2-8,13-14,19H,9-12,21H2,1H3,(H,22,23). The minimum absolute atomic E-state index is 0.166. The number of hydrogen-bond acceptors (Lipinski definition) is 5. The van der Waals surface area contributed by atoms with Crippen molar-refractivity contribution in [2.24, 2.45) is 11.7 Å². The topological polar surface area (TPSA) is 82.8 Å². The van der Waals surface area contributed by atoms with Crippen LogP contribution in [0.1, 0.15) is 12.8 Å². The summed E-state index contributed by atoms with van der Waals surface area (Å²) in [6.07, 6.45) is 1.64. The lowest BCUT2D eigenvalue weighted by atomic mass is 9.92. The minimum atomic E-state index is -0.522. The van der Waals surface area contributed by atoms with E-state index >= 15 is 0 Å². The van der Waals surface area contributed by atoms with Crippen molar-refractivity contribution in [3.63, 3.8) is 0 Å². The number of benzene rings is 2. The number of carbonyl (C=O) groups is 1. The molecule has 1 unspecified atom stereocenters. The van der Waals surface area contributed by atoms with Crippen LogP contribution >= 0.6 is 0 Å². The lowest BCUT2D eigenvalue weighted by molar-refractivity contribution is -0.119. The molecule has 2 aromatic rings. The van der Waals surface area contributed by atoms with E-state index in [-0.39, 0.29) is 11.8 Å². The molecule has 1 heterocycles. The van der Waals surface area contributed by atoms with Crippen LogP contribution in [0.3, 0.4) is 0 Å². The molecule has 3 N–H and O–H groups in total. The molecule has 0 radical (unpaired) electrons. The Morgan fingerprint density at radius 2 is 1.81 bits per heavy atom. The Bertz CT molecular complexity index is 727. The zero-order valence-electron chi connectivity index (χ0n) is 14.8. The lowest BCUT2D eigenvalue weighted by Crippen LogP contribution is -2.43. The molecule has 1 fully saturated rings. The number of nitrogens with one attached hydrogen (secondary N) is 1. The highest BCUT2D eigenvalue weighted by molar-refractivity contribution is 5.94. The van der Waals surface area contributed by atoms with Crippen molar-refractivity contribution in [2.45, 2.75) is 18.9 Å². The maximum atomic E-state index is 12.3. The third-order valence-corrected chi connectivity index (χ3v) is 4.48. The van der Waals surface area contributed by atoms with E-state index in [9.17, 15) is 4.79 Å². The molecule has 1 saturated heterocycles. The van der Waals surface area contributed by atoms with Gasteiger partial charge in [-0.3, -0.25) is 4.79 Å². The van der Waals surface area contributed by atoms with Crippen LogP contribution in [0.5, 0.6) is 17.2 Å². The van der Waals surface area contributed by atoms with Crippen molar-refractivity contribution in [3.05, 3.63) is 48.5 Å². The summed E-state index contributed by atoms with van der Waals surface area (Å²) >= 11 is 0. The molecule has 138 valence electrons. The van der Waals surface area contributed by atoms with Crippen LogP contribution in [-0.4, -0.2) is 32.3 Å². The fraction of sp³-hybridized carbons (Fsp3) is 0.350. The van der Waals surface area contributed by atoms with Gasteiger partial charge in [-0.1, -0.05) is 6.07 Å². The first kappa shape index (κ1) is 18.2. The predicted molar refractivity (Wildman–Crippen MR) is 99.7 cm³/mol. The summed E-state index contributed by atoms with van der Waals surface area (Å²) in [5.74, 6) is 2.08. The minimum Gasteiger partial charge on any atom is -0.497 e. The molecule has 3 rings (SSSR count). The van der Waals surface area contributed by atoms with Crippen LogP contribution in [0.25, 0.3) is 0 Å². The van der Waals surface area contributed by atoms with Gasteiger partial charge < -0.3 is 25.3 Å². The van der Waals surface area contributed by atoms with Crippen molar-refractivity contribution < 1.29 is 19.0 Å². The van der Waals surface area contributed by atoms with E-state index in [4.69, 9.17) is 19.9 Å². The molecule has 6 heteroatoms. The molecule has 0 saturated carbocycles. The Kier molecular flexibility index (Phi) is 6.09. The highest BCUT2D eigenvalue weighted by Gasteiger charge is 2.26. The summed E-state index contributed by atoms with van der Waals surface area (Å²) in [6, 6.07) is 14.0. The van der Waals surface area contributed by atoms with Crippen molar-refractivity contribution in [2.75, 3.05) is 25.6 Å². The quantitative estimate of drug-likeness (QED) is 0.831. The van der Waals surface area contributed by atoms with Crippen molar-refractivity contribution in [1.82, 2.24) is 0 Å². The van der Waals surface area contributed by atoms with Gasteiger partial charge in [0.15, 0.2) is 0 Å². The van der Waals surface area contributed by atoms with Crippen LogP contribution in [-0.2, 0) is 9.53 Å². The first-order chi connectivity index (χ1) is 12.7. The summed E-state index contributed by atoms with van der Waals surface area (Å²) in [5, 5.41) is 2.87. The molecule has 0 aliphatic carbocycles. The molecule has 1 atom stereocenters. The highest BCUT2D eigenvalue weighted by Crippen LogP contribution is 2.26. The zero-order chi connectivity index (χ0) is 18.4. The van der Waals surface area contributed by atoms with Gasteiger partial charge >= 0.3 is 0 Å². The van der Waals surface area contributed by atoms with Crippen molar-refractivity contribution in [3.8, 4) is 17.2 Å². The second-order valence-corrected chi connectivity index (χ2v) is 6.27. The smallest absolute Gasteiger partial charge is 0.241 e. The SMILES string of the molecule is COc1cccc(Oc2ccc(NC(=O)C(N)C3CCOCC3)cc2)c1. The summed E-state index contributed by atoms with van der Waals surface area (Å²) < 4.78 is 16.3. The molecule has 0 aromatic heterocycles. The second kappa shape index (κ2) is 8.69. The largest absolute Gasteiger partial charge is 0.497 e. The molecule has 26 heavy (non-hydrogen) atoms. The van der Waals surface area contributed by atoms with Gasteiger partial charge in [0.25, 0.3) is 0 Å². The number of carbonyl (C=O) groups excluding carboxylic acids is 1. The van der Waals surface area contributed by atoms with Crippen LogP contribution in [0.4, 0.5) is 5.69 Å². The van der Waals surface area contributed by atoms with E-state index < -0.39 is 6.04 Å². The normalized spacial score (nSPS) is 15.9. The second-order valence-electron chi connectivity index (χ2n) is 6.27. The maximum Gasteiger partial charge on any atom is 0.241 e. The van der Waals surface area contributed by atoms with Gasteiger partial charge in [-0.15, -0.1) is 0 Å². The molecule has 2 aromatic carbocycles. The molecule has 0 bridgehead atoms. The van der Waals surface area contributed by atoms with Crippen LogP contribution in [0.2, 0.25) is 0 Å². The molecule has 1 aliphatic heterocycles. The average Bonchev–Trinajstić information content (AvgIpc) is 2.69. The van der Waals surface area contributed by atoms with Gasteiger partial charge in [0.1, 0.15) is 17.2 Å². The first-order valence-corrected chi connectivity index (χ1v) is 8.72. The fourth-order valence-corrected chi connectivity index (χ4v) is 2.92.